The van der Waals surface area contributed by atoms with E-state index < -0.39 is 11.9 Å². The molecule has 5 heteroatoms. The number of methoxy groups -OCH3 is 1. The Morgan fingerprint density at radius 1 is 2.00 bits per heavy atom. The molecule has 0 saturated carbocycles. The summed E-state index contributed by atoms with van der Waals surface area (Å²) in [4.78, 5) is 13.6. The van der Waals surface area contributed by atoms with Crippen LogP contribution in [0.1, 0.15) is 0 Å². The molecule has 0 bridgehead atoms. The third-order valence-corrected chi connectivity index (χ3v) is 0.707. The van der Waals surface area contributed by atoms with Crippen LogP contribution in [0.15, 0.2) is 4.99 Å². The van der Waals surface area contributed by atoms with Gasteiger partial charge >= 0.3 is 0 Å². The van der Waals surface area contributed by atoms with E-state index in [0.29, 0.717) is 0 Å². The highest BCUT2D eigenvalue weighted by molar-refractivity contribution is 5.83. The summed E-state index contributed by atoms with van der Waals surface area (Å²) >= 11 is 0. The molecular weight excluding hydrogens is 134 g/mol. The normalized spacial score (nSPS) is 12.4. The molecule has 10 heavy (non-hydrogen) atoms. The fraction of sp³-hybridized carbons (Fsp3) is 0.400. The molecule has 5 nitrogen and oxygen atoms in total. The van der Waals surface area contributed by atoms with Crippen LogP contribution in [0.2, 0.25) is 0 Å². The average molecular weight is 141 g/mol. The van der Waals surface area contributed by atoms with Gasteiger partial charge < -0.3 is 10.5 Å². The quantitative estimate of drug-likeness (QED) is 0.405. The van der Waals surface area contributed by atoms with Crippen molar-refractivity contribution in [1.29, 1.82) is 5.26 Å². The van der Waals surface area contributed by atoms with E-state index in [0.717, 1.165) is 6.40 Å². The van der Waals surface area contributed by atoms with Crippen LogP contribution in [0, 0.1) is 11.3 Å². The zero-order valence-corrected chi connectivity index (χ0v) is 5.44. The Kier molecular flexibility index (Phi) is 3.64. The van der Waals surface area contributed by atoms with Gasteiger partial charge in [0, 0.05) is 0 Å². The summed E-state index contributed by atoms with van der Waals surface area (Å²) in [7, 11) is 1.36. The lowest BCUT2D eigenvalue weighted by molar-refractivity contribution is -0.118. The summed E-state index contributed by atoms with van der Waals surface area (Å²) in [5.41, 5.74) is 4.76. The van der Waals surface area contributed by atoms with Crippen LogP contribution in [0.4, 0.5) is 0 Å². The van der Waals surface area contributed by atoms with Crippen molar-refractivity contribution >= 4 is 12.3 Å². The van der Waals surface area contributed by atoms with Gasteiger partial charge in [0.25, 0.3) is 5.91 Å². The highest BCUT2D eigenvalue weighted by Gasteiger charge is 2.09. The second-order valence-corrected chi connectivity index (χ2v) is 1.42. The van der Waals surface area contributed by atoms with Crippen LogP contribution in [-0.4, -0.2) is 25.5 Å². The van der Waals surface area contributed by atoms with Gasteiger partial charge in [-0.15, -0.1) is 0 Å². The Morgan fingerprint density at radius 3 is 2.90 bits per heavy atom. The van der Waals surface area contributed by atoms with Gasteiger partial charge in [0.1, 0.15) is 0 Å². The summed E-state index contributed by atoms with van der Waals surface area (Å²) in [5.74, 6) is -0.782. The Morgan fingerprint density at radius 2 is 2.60 bits per heavy atom. The number of nitrogens with two attached hydrogens (primary N) is 1. The molecule has 0 aromatic heterocycles. The second-order valence-electron chi connectivity index (χ2n) is 1.42. The number of rotatable bonds is 3. The fourth-order valence-corrected chi connectivity index (χ4v) is 0.292. The first kappa shape index (κ1) is 8.43. The fourth-order valence-electron chi connectivity index (χ4n) is 0.292. The molecule has 0 rings (SSSR count). The summed E-state index contributed by atoms with van der Waals surface area (Å²) < 4.78 is 4.37. The molecule has 0 aromatic rings. The minimum absolute atomic E-state index is 0.782. The Labute approximate surface area is 58.1 Å². The minimum atomic E-state index is -1.14. The number of amides is 1. The van der Waals surface area contributed by atoms with Crippen molar-refractivity contribution in [2.45, 2.75) is 6.04 Å². The molecule has 1 unspecified atom stereocenters. The van der Waals surface area contributed by atoms with Crippen LogP contribution in [-0.2, 0) is 9.53 Å². The van der Waals surface area contributed by atoms with E-state index >= 15 is 0 Å². The first-order valence-electron chi connectivity index (χ1n) is 2.45. The first-order chi connectivity index (χ1) is 4.72. The Hall–Kier alpha value is -1.57. The van der Waals surface area contributed by atoms with Gasteiger partial charge in [-0.1, -0.05) is 0 Å². The molecule has 0 aromatic carbocycles. The van der Waals surface area contributed by atoms with E-state index in [9.17, 15) is 4.79 Å². The number of nitrogens with zero attached hydrogens (tertiary/aromatic N) is 2. The maximum absolute atomic E-state index is 10.3. The molecule has 0 aliphatic carbocycles. The lowest BCUT2D eigenvalue weighted by Crippen LogP contribution is -2.25. The van der Waals surface area contributed by atoms with Crippen LogP contribution in [0.3, 0.4) is 0 Å². The van der Waals surface area contributed by atoms with Crippen LogP contribution in [0.25, 0.3) is 0 Å². The predicted molar refractivity (Wildman–Crippen MR) is 34.1 cm³/mol. The standard InChI is InChI=1S/C5H7N3O2/c1-10-3-8-4(2-6)5(7)9/h3-4H,1H3,(H2,7,9). The zero-order chi connectivity index (χ0) is 7.98. The topological polar surface area (TPSA) is 88.5 Å². The maximum atomic E-state index is 10.3. The number of hydrogen-bond donors (Lipinski definition) is 1. The van der Waals surface area contributed by atoms with Crippen LogP contribution in [0.5, 0.6) is 0 Å². The van der Waals surface area contributed by atoms with Crippen molar-refractivity contribution in [2.75, 3.05) is 7.11 Å². The molecule has 0 radical (unpaired) electrons. The molecule has 0 aliphatic heterocycles. The summed E-state index contributed by atoms with van der Waals surface area (Å²) in [6.45, 7) is 0. The van der Waals surface area contributed by atoms with Gasteiger partial charge in [-0.05, 0) is 0 Å². The molecule has 0 saturated heterocycles. The molecule has 0 spiro atoms. The molecule has 1 amide bonds. The summed E-state index contributed by atoms with van der Waals surface area (Å²) in [6.07, 6.45) is 0.999. The van der Waals surface area contributed by atoms with Gasteiger partial charge in [0.2, 0.25) is 6.04 Å². The largest absolute Gasteiger partial charge is 0.487 e. The van der Waals surface area contributed by atoms with Crippen molar-refractivity contribution in [3.63, 3.8) is 0 Å². The van der Waals surface area contributed by atoms with Gasteiger partial charge in [-0.2, -0.15) is 5.26 Å². The van der Waals surface area contributed by atoms with Crippen LogP contribution >= 0.6 is 0 Å². The lowest BCUT2D eigenvalue weighted by Gasteiger charge is -1.93. The summed E-state index contributed by atoms with van der Waals surface area (Å²) in [5, 5.41) is 8.20. The van der Waals surface area contributed by atoms with Crippen molar-refractivity contribution < 1.29 is 9.53 Å². The van der Waals surface area contributed by atoms with E-state index in [1.807, 2.05) is 0 Å². The predicted octanol–water partition coefficient (Wildman–Crippen LogP) is -0.961. The highest BCUT2D eigenvalue weighted by atomic mass is 16.5. The number of ether oxygens (including phenoxy) is 1. The molecule has 0 heterocycles. The van der Waals surface area contributed by atoms with Crippen molar-refractivity contribution in [1.82, 2.24) is 0 Å². The van der Waals surface area contributed by atoms with E-state index in [1.165, 1.54) is 7.11 Å². The van der Waals surface area contributed by atoms with Gasteiger partial charge in [-0.3, -0.25) is 4.79 Å². The maximum Gasteiger partial charge on any atom is 0.257 e. The number of carbonyl (C=O) groups excluding carboxylic acids is 1. The molecule has 2 N–H and O–H groups in total. The smallest absolute Gasteiger partial charge is 0.257 e. The monoisotopic (exact) mass is 141 g/mol. The number of carbonyl (C=O) groups is 1. The SMILES string of the molecule is COC=NC(C#N)C(N)=O. The number of hydrogen-bond acceptors (Lipinski definition) is 4. The van der Waals surface area contributed by atoms with Gasteiger partial charge in [-0.25, -0.2) is 4.99 Å². The van der Waals surface area contributed by atoms with Gasteiger partial charge in [0.05, 0.1) is 13.2 Å². The third-order valence-electron chi connectivity index (χ3n) is 0.707. The minimum Gasteiger partial charge on any atom is -0.487 e. The first-order valence-corrected chi connectivity index (χ1v) is 2.45. The van der Waals surface area contributed by atoms with Gasteiger partial charge in [0.15, 0.2) is 6.40 Å². The average Bonchev–Trinajstić information content (AvgIpc) is 1.89. The van der Waals surface area contributed by atoms with Crippen LogP contribution < -0.4 is 5.73 Å². The van der Waals surface area contributed by atoms with E-state index in [1.54, 1.807) is 6.07 Å². The highest BCUT2D eigenvalue weighted by Crippen LogP contribution is 1.84. The Bertz CT molecular complexity index is 182. The molecular formula is C5H7N3O2. The second kappa shape index (κ2) is 4.32. The number of aliphatic imine (C=N–C) groups is 1. The number of primary amides is 1. The van der Waals surface area contributed by atoms with Crippen molar-refractivity contribution in [3.8, 4) is 6.07 Å². The molecule has 0 aliphatic rings. The number of nitriles is 1. The zero-order valence-electron chi connectivity index (χ0n) is 5.44. The van der Waals surface area contributed by atoms with Crippen molar-refractivity contribution in [3.05, 3.63) is 0 Å². The summed E-state index contributed by atoms with van der Waals surface area (Å²) in [6, 6.07) is 0.445. The Balaban J connectivity index is 3.99. The van der Waals surface area contributed by atoms with E-state index in [4.69, 9.17) is 11.0 Å². The van der Waals surface area contributed by atoms with Crippen molar-refractivity contribution in [2.24, 2.45) is 10.7 Å². The molecule has 54 valence electrons. The third kappa shape index (κ3) is 2.67. The molecule has 0 fully saturated rings. The van der Waals surface area contributed by atoms with E-state index in [-0.39, 0.29) is 0 Å². The lowest BCUT2D eigenvalue weighted by atomic mass is 10.3. The van der Waals surface area contributed by atoms with E-state index in [2.05, 4.69) is 9.73 Å². The molecule has 1 atom stereocenters.